The van der Waals surface area contributed by atoms with Crippen molar-refractivity contribution < 1.29 is 28.6 Å². The maximum atomic E-state index is 4.93. The first-order valence-electron chi connectivity index (χ1n) is 8.21. The number of benzene rings is 2. The van der Waals surface area contributed by atoms with Gasteiger partial charge in [-0.1, -0.05) is 42.5 Å². The highest BCUT2D eigenvalue weighted by Crippen LogP contribution is 2.23. The van der Waals surface area contributed by atoms with Crippen LogP contribution in [0.25, 0.3) is 0 Å². The Balaban J connectivity index is 0.00000156. The molecule has 2 heterocycles. The summed E-state index contributed by atoms with van der Waals surface area (Å²) in [7, 11) is 0. The smallest absolute Gasteiger partial charge is 0.233 e. The number of aliphatic imine (C=N–C) groups is 1. The minimum Gasteiger partial charge on any atom is -1.00 e. The van der Waals surface area contributed by atoms with Crippen molar-refractivity contribution in [3.8, 4) is 0 Å². The van der Waals surface area contributed by atoms with Crippen LogP contribution in [0.3, 0.4) is 0 Å². The van der Waals surface area contributed by atoms with E-state index in [2.05, 4.69) is 60.0 Å². The average Bonchev–Trinajstić information content (AvgIpc) is 2.60. The van der Waals surface area contributed by atoms with Crippen molar-refractivity contribution >= 4 is 11.4 Å². The summed E-state index contributed by atoms with van der Waals surface area (Å²) in [6.07, 6.45) is 2.18. The third-order valence-corrected chi connectivity index (χ3v) is 4.77. The van der Waals surface area contributed by atoms with E-state index in [1.54, 1.807) is 0 Å². The highest BCUT2D eigenvalue weighted by atomic mass is 127. The van der Waals surface area contributed by atoms with E-state index in [4.69, 9.17) is 4.99 Å². The zero-order valence-electron chi connectivity index (χ0n) is 13.4. The standard InChI is InChI=1S/C20H21N2.HI/c1-2-22-14-12-16-8-4-6-10-18(16)20(22)19-17-9-5-3-7-15(17)11-13-21-19;/h3-10H,2,11-14H2,1H3;1H/q+1;/p-1. The minimum absolute atomic E-state index is 0. The van der Waals surface area contributed by atoms with Crippen molar-refractivity contribution in [1.82, 2.24) is 0 Å². The van der Waals surface area contributed by atoms with Crippen molar-refractivity contribution in [3.05, 3.63) is 70.8 Å². The molecule has 0 aliphatic carbocycles. The number of hydrogen-bond acceptors (Lipinski definition) is 1. The Bertz CT molecular complexity index is 790. The summed E-state index contributed by atoms with van der Waals surface area (Å²) in [5.74, 6) is 0. The summed E-state index contributed by atoms with van der Waals surface area (Å²) in [5, 5.41) is 0. The molecule has 0 radical (unpaired) electrons. The van der Waals surface area contributed by atoms with E-state index in [0.717, 1.165) is 32.5 Å². The molecule has 0 atom stereocenters. The maximum absolute atomic E-state index is 4.93. The largest absolute Gasteiger partial charge is 1.00 e. The first-order valence-corrected chi connectivity index (χ1v) is 8.21. The number of halogens is 1. The lowest BCUT2D eigenvalue weighted by Crippen LogP contribution is -3.00. The highest BCUT2D eigenvalue weighted by Gasteiger charge is 2.31. The fraction of sp³-hybridized carbons (Fsp3) is 0.300. The first kappa shape index (κ1) is 16.4. The van der Waals surface area contributed by atoms with Crippen LogP contribution in [0.2, 0.25) is 0 Å². The third kappa shape index (κ3) is 2.87. The molecule has 2 aliphatic heterocycles. The van der Waals surface area contributed by atoms with E-state index in [1.165, 1.54) is 33.7 Å². The molecule has 0 unspecified atom stereocenters. The molecule has 0 saturated heterocycles. The van der Waals surface area contributed by atoms with Crippen LogP contribution in [0.5, 0.6) is 0 Å². The monoisotopic (exact) mass is 416 g/mol. The lowest BCUT2D eigenvalue weighted by molar-refractivity contribution is -0.523. The van der Waals surface area contributed by atoms with Crippen LogP contribution in [0.4, 0.5) is 0 Å². The molecule has 3 heteroatoms. The fourth-order valence-electron chi connectivity index (χ4n) is 3.65. The Hall–Kier alpha value is -1.49. The van der Waals surface area contributed by atoms with Crippen LogP contribution >= 0.6 is 0 Å². The molecule has 0 N–H and O–H groups in total. The molecule has 2 aromatic rings. The summed E-state index contributed by atoms with van der Waals surface area (Å²) < 4.78 is 2.49. The first-order chi connectivity index (χ1) is 10.9. The molecular weight excluding hydrogens is 395 g/mol. The van der Waals surface area contributed by atoms with Gasteiger partial charge < -0.3 is 24.0 Å². The van der Waals surface area contributed by atoms with Gasteiger partial charge in [0, 0.05) is 18.5 Å². The lowest BCUT2D eigenvalue weighted by atomic mass is 9.88. The molecule has 0 bridgehead atoms. The van der Waals surface area contributed by atoms with Crippen LogP contribution in [0.1, 0.15) is 29.2 Å². The molecule has 0 fully saturated rings. The van der Waals surface area contributed by atoms with Crippen molar-refractivity contribution in [2.75, 3.05) is 19.6 Å². The number of hydrogen-bond donors (Lipinski definition) is 0. The molecule has 118 valence electrons. The zero-order valence-corrected chi connectivity index (χ0v) is 15.6. The second kappa shape index (κ2) is 6.95. The molecule has 2 nitrogen and oxygen atoms in total. The predicted molar refractivity (Wildman–Crippen MR) is 91.5 cm³/mol. The molecule has 0 spiro atoms. The van der Waals surface area contributed by atoms with Crippen LogP contribution in [0.15, 0.2) is 53.5 Å². The number of rotatable bonds is 2. The summed E-state index contributed by atoms with van der Waals surface area (Å²) in [5.41, 5.74) is 8.09. The van der Waals surface area contributed by atoms with Crippen LogP contribution in [0, 0.1) is 0 Å². The van der Waals surface area contributed by atoms with Gasteiger partial charge in [-0.25, -0.2) is 4.58 Å². The van der Waals surface area contributed by atoms with E-state index in [0.29, 0.717) is 0 Å². The van der Waals surface area contributed by atoms with E-state index in [-0.39, 0.29) is 24.0 Å². The molecule has 0 aromatic heterocycles. The Labute approximate surface area is 155 Å². The molecule has 0 amide bonds. The molecule has 4 rings (SSSR count). The van der Waals surface area contributed by atoms with Gasteiger partial charge in [0.15, 0.2) is 0 Å². The van der Waals surface area contributed by atoms with Gasteiger partial charge in [-0.05, 0) is 30.5 Å². The molecule has 23 heavy (non-hydrogen) atoms. The fourth-order valence-corrected chi connectivity index (χ4v) is 3.65. The average molecular weight is 416 g/mol. The van der Waals surface area contributed by atoms with Crippen LogP contribution in [-0.4, -0.2) is 35.6 Å². The third-order valence-electron chi connectivity index (χ3n) is 4.77. The summed E-state index contributed by atoms with van der Waals surface area (Å²) in [4.78, 5) is 4.93. The van der Waals surface area contributed by atoms with E-state index >= 15 is 0 Å². The molecular formula is C20H21IN2. The number of likely N-dealkylation sites (N-methyl/N-ethyl adjacent to an activating group) is 1. The van der Waals surface area contributed by atoms with E-state index in [9.17, 15) is 0 Å². The van der Waals surface area contributed by atoms with Gasteiger partial charge in [0.1, 0.15) is 18.8 Å². The van der Waals surface area contributed by atoms with Crippen molar-refractivity contribution in [2.45, 2.75) is 19.8 Å². The van der Waals surface area contributed by atoms with Crippen molar-refractivity contribution in [1.29, 1.82) is 0 Å². The summed E-state index contributed by atoms with van der Waals surface area (Å²) >= 11 is 0. The quantitative estimate of drug-likeness (QED) is 0.488. The molecule has 2 aliphatic rings. The Kier molecular flexibility index (Phi) is 4.95. The number of nitrogens with zero attached hydrogens (tertiary/aromatic N) is 2. The molecule has 2 aromatic carbocycles. The maximum Gasteiger partial charge on any atom is 0.233 e. The lowest BCUT2D eigenvalue weighted by Gasteiger charge is -2.22. The van der Waals surface area contributed by atoms with Crippen molar-refractivity contribution in [3.63, 3.8) is 0 Å². The van der Waals surface area contributed by atoms with E-state index < -0.39 is 0 Å². The summed E-state index contributed by atoms with van der Waals surface area (Å²) in [6, 6.07) is 17.6. The van der Waals surface area contributed by atoms with Gasteiger partial charge in [-0.15, -0.1) is 0 Å². The second-order valence-electron chi connectivity index (χ2n) is 5.97. The SMILES string of the molecule is CC[N+]1=C(C2=NCCc3ccccc32)c2ccccc2CC1.[I-]. The Morgan fingerprint density at radius 1 is 0.913 bits per heavy atom. The second-order valence-corrected chi connectivity index (χ2v) is 5.97. The highest BCUT2D eigenvalue weighted by molar-refractivity contribution is 6.52. The van der Waals surface area contributed by atoms with Gasteiger partial charge in [0.25, 0.3) is 0 Å². The van der Waals surface area contributed by atoms with Gasteiger partial charge in [0.2, 0.25) is 5.71 Å². The predicted octanol–water partition coefficient (Wildman–Crippen LogP) is 0.114. The van der Waals surface area contributed by atoms with Crippen LogP contribution in [-0.2, 0) is 12.8 Å². The Morgan fingerprint density at radius 3 is 2.30 bits per heavy atom. The zero-order chi connectivity index (χ0) is 14.9. The Morgan fingerprint density at radius 2 is 1.57 bits per heavy atom. The van der Waals surface area contributed by atoms with Gasteiger partial charge in [-0.2, -0.15) is 0 Å². The van der Waals surface area contributed by atoms with Crippen molar-refractivity contribution in [2.24, 2.45) is 4.99 Å². The molecule has 0 saturated carbocycles. The van der Waals surface area contributed by atoms with Gasteiger partial charge >= 0.3 is 0 Å². The normalized spacial score (nSPS) is 16.1. The number of fused-ring (bicyclic) bond motifs is 2. The topological polar surface area (TPSA) is 15.4 Å². The van der Waals surface area contributed by atoms with E-state index in [1.807, 2.05) is 0 Å². The summed E-state index contributed by atoms with van der Waals surface area (Å²) in [6.45, 7) is 5.26. The van der Waals surface area contributed by atoms with Gasteiger partial charge in [-0.3, -0.25) is 4.99 Å². The minimum atomic E-state index is 0. The van der Waals surface area contributed by atoms with Gasteiger partial charge in [0.05, 0.1) is 5.56 Å². The van der Waals surface area contributed by atoms with Crippen LogP contribution < -0.4 is 24.0 Å².